The van der Waals surface area contributed by atoms with Crippen LogP contribution in [0.25, 0.3) is 0 Å². The molecule has 0 fully saturated rings. The molecule has 1 N–H and O–H groups in total. The van der Waals surface area contributed by atoms with Gasteiger partial charge >= 0.3 is 5.97 Å². The molecule has 0 bridgehead atoms. The van der Waals surface area contributed by atoms with Crippen molar-refractivity contribution in [3.05, 3.63) is 29.8 Å². The third-order valence-corrected chi connectivity index (χ3v) is 4.24. The molecule has 5 heteroatoms. The highest BCUT2D eigenvalue weighted by molar-refractivity contribution is 7.80. The van der Waals surface area contributed by atoms with E-state index in [1.54, 1.807) is 19.9 Å². The van der Waals surface area contributed by atoms with Gasteiger partial charge in [0.05, 0.1) is 5.41 Å². The number of para-hydroxylation sites is 1. The van der Waals surface area contributed by atoms with E-state index in [9.17, 15) is 14.7 Å². The van der Waals surface area contributed by atoms with Gasteiger partial charge in [0.15, 0.2) is 0 Å². The average molecular weight is 279 g/mol. The number of carboxylic acids is 1. The van der Waals surface area contributed by atoms with Gasteiger partial charge in [-0.15, -0.1) is 0 Å². The summed E-state index contributed by atoms with van der Waals surface area (Å²) in [6.07, 6.45) is 0.361. The van der Waals surface area contributed by atoms with Crippen LogP contribution in [0, 0.1) is 5.41 Å². The molecule has 0 saturated carbocycles. The van der Waals surface area contributed by atoms with Gasteiger partial charge in [0.25, 0.3) is 0 Å². The fraction of sp³-hybridized carbons (Fsp3) is 0.429. The number of aliphatic carboxylic acids is 1. The molecule has 1 amide bonds. The zero-order chi connectivity index (χ0) is 14.2. The van der Waals surface area contributed by atoms with Crippen LogP contribution in [0.3, 0.4) is 0 Å². The van der Waals surface area contributed by atoms with Crippen molar-refractivity contribution in [2.45, 2.75) is 26.3 Å². The predicted molar refractivity (Wildman–Crippen MR) is 76.7 cm³/mol. The summed E-state index contributed by atoms with van der Waals surface area (Å²) >= 11 is 4.19. The molecule has 0 aromatic heterocycles. The van der Waals surface area contributed by atoms with Crippen LogP contribution in [-0.4, -0.2) is 28.8 Å². The summed E-state index contributed by atoms with van der Waals surface area (Å²) < 4.78 is 0. The predicted octanol–water partition coefficient (Wildman–Crippen LogP) is 1.98. The number of carbonyl (C=O) groups excluding carboxylic acids is 1. The lowest BCUT2D eigenvalue weighted by atomic mass is 9.93. The molecule has 4 nitrogen and oxygen atoms in total. The molecule has 1 aromatic rings. The molecular formula is C14H17NO3S. The number of benzene rings is 1. The number of carboxylic acid groups (broad SMARTS) is 1. The van der Waals surface area contributed by atoms with Gasteiger partial charge in [-0.3, -0.25) is 9.69 Å². The Bertz CT molecular complexity index is 527. The van der Waals surface area contributed by atoms with Crippen molar-refractivity contribution in [3.8, 4) is 0 Å². The summed E-state index contributed by atoms with van der Waals surface area (Å²) in [6.45, 7) is 3.56. The zero-order valence-electron chi connectivity index (χ0n) is 11.0. The molecule has 1 aliphatic heterocycles. The minimum Gasteiger partial charge on any atom is -0.480 e. The number of thiol groups is 1. The molecule has 0 saturated heterocycles. The topological polar surface area (TPSA) is 57.6 Å². The molecule has 1 unspecified atom stereocenters. The Morgan fingerprint density at radius 3 is 2.63 bits per heavy atom. The second-order valence-corrected chi connectivity index (χ2v) is 5.72. The van der Waals surface area contributed by atoms with Crippen molar-refractivity contribution >= 4 is 30.2 Å². The minimum atomic E-state index is -0.973. The highest BCUT2D eigenvalue weighted by Gasteiger charge is 2.42. The van der Waals surface area contributed by atoms with Gasteiger partial charge < -0.3 is 5.11 Å². The fourth-order valence-corrected chi connectivity index (χ4v) is 2.36. The number of amides is 1. The van der Waals surface area contributed by atoms with Crippen LogP contribution in [-0.2, 0) is 16.0 Å². The first-order chi connectivity index (χ1) is 8.88. The van der Waals surface area contributed by atoms with E-state index in [-0.39, 0.29) is 5.91 Å². The van der Waals surface area contributed by atoms with Gasteiger partial charge in [0, 0.05) is 17.9 Å². The maximum absolute atomic E-state index is 12.6. The Kier molecular flexibility index (Phi) is 3.58. The van der Waals surface area contributed by atoms with Crippen LogP contribution in [0.4, 0.5) is 5.69 Å². The number of nitrogens with zero attached hydrogens (tertiary/aromatic N) is 1. The average Bonchev–Trinajstić information content (AvgIpc) is 2.77. The summed E-state index contributed by atoms with van der Waals surface area (Å²) in [6, 6.07) is 6.52. The van der Waals surface area contributed by atoms with Gasteiger partial charge in [-0.1, -0.05) is 32.0 Å². The normalized spacial score (nSPS) is 18.3. The van der Waals surface area contributed by atoms with E-state index in [2.05, 4.69) is 12.6 Å². The molecular weight excluding hydrogens is 262 g/mol. The van der Waals surface area contributed by atoms with E-state index >= 15 is 0 Å². The largest absolute Gasteiger partial charge is 0.480 e. The molecule has 1 heterocycles. The number of anilines is 1. The fourth-order valence-electron chi connectivity index (χ4n) is 2.23. The van der Waals surface area contributed by atoms with Crippen LogP contribution in [0.5, 0.6) is 0 Å². The van der Waals surface area contributed by atoms with Crippen molar-refractivity contribution in [1.29, 1.82) is 0 Å². The van der Waals surface area contributed by atoms with Crippen molar-refractivity contribution in [2.75, 3.05) is 10.7 Å². The molecule has 2 rings (SSSR count). The van der Waals surface area contributed by atoms with Gasteiger partial charge in [-0.25, -0.2) is 4.79 Å². The zero-order valence-corrected chi connectivity index (χ0v) is 11.9. The molecule has 1 aromatic carbocycles. The minimum absolute atomic E-state index is 0.195. The molecule has 0 spiro atoms. The lowest BCUT2D eigenvalue weighted by Gasteiger charge is -2.31. The van der Waals surface area contributed by atoms with Crippen molar-refractivity contribution in [1.82, 2.24) is 0 Å². The van der Waals surface area contributed by atoms with Crippen molar-refractivity contribution in [2.24, 2.45) is 5.41 Å². The number of rotatable bonds is 3. The van der Waals surface area contributed by atoms with E-state index in [4.69, 9.17) is 0 Å². The third-order valence-electron chi connectivity index (χ3n) is 3.45. The van der Waals surface area contributed by atoms with E-state index in [0.29, 0.717) is 17.9 Å². The van der Waals surface area contributed by atoms with Gasteiger partial charge in [-0.2, -0.15) is 12.6 Å². The maximum atomic E-state index is 12.6. The van der Waals surface area contributed by atoms with Crippen LogP contribution in [0.15, 0.2) is 24.3 Å². The van der Waals surface area contributed by atoms with Gasteiger partial charge in [0.2, 0.25) is 5.91 Å². The van der Waals surface area contributed by atoms with Crippen molar-refractivity contribution < 1.29 is 14.7 Å². The Morgan fingerprint density at radius 2 is 2.05 bits per heavy atom. The van der Waals surface area contributed by atoms with E-state index < -0.39 is 17.4 Å². The lowest BCUT2D eigenvalue weighted by molar-refractivity contribution is -0.140. The van der Waals surface area contributed by atoms with Crippen LogP contribution in [0.1, 0.15) is 19.4 Å². The number of hydrogen-bond acceptors (Lipinski definition) is 3. The summed E-state index contributed by atoms with van der Waals surface area (Å²) in [5, 5.41) is 9.33. The van der Waals surface area contributed by atoms with Gasteiger partial charge in [-0.05, 0) is 11.6 Å². The monoisotopic (exact) mass is 279 g/mol. The number of hydrogen-bond donors (Lipinski definition) is 2. The number of fused-ring (bicyclic) bond motifs is 1. The first-order valence-corrected chi connectivity index (χ1v) is 6.77. The maximum Gasteiger partial charge on any atom is 0.327 e. The first-order valence-electron chi connectivity index (χ1n) is 6.13. The van der Waals surface area contributed by atoms with Crippen molar-refractivity contribution in [3.63, 3.8) is 0 Å². The van der Waals surface area contributed by atoms with Crippen LogP contribution in [0.2, 0.25) is 0 Å². The number of carbonyl (C=O) groups is 2. The lowest BCUT2D eigenvalue weighted by Crippen LogP contribution is -2.49. The highest BCUT2D eigenvalue weighted by Crippen LogP contribution is 2.35. The molecule has 19 heavy (non-hydrogen) atoms. The summed E-state index contributed by atoms with van der Waals surface area (Å²) in [7, 11) is 0. The Balaban J connectivity index is 2.45. The second kappa shape index (κ2) is 4.89. The Morgan fingerprint density at radius 1 is 1.42 bits per heavy atom. The molecule has 102 valence electrons. The molecule has 0 radical (unpaired) electrons. The summed E-state index contributed by atoms with van der Waals surface area (Å²) in [5.41, 5.74) is 0.918. The first kappa shape index (κ1) is 13.9. The van der Waals surface area contributed by atoms with E-state index in [1.165, 1.54) is 4.90 Å². The van der Waals surface area contributed by atoms with E-state index in [1.807, 2.05) is 18.2 Å². The third kappa shape index (κ3) is 2.34. The Hall–Kier alpha value is -1.49. The van der Waals surface area contributed by atoms with E-state index in [0.717, 1.165) is 5.56 Å². The quantitative estimate of drug-likeness (QED) is 0.832. The molecule has 1 atom stereocenters. The molecule has 0 aliphatic carbocycles. The van der Waals surface area contributed by atoms with Crippen LogP contribution < -0.4 is 4.90 Å². The second-order valence-electron chi connectivity index (χ2n) is 5.40. The smallest absolute Gasteiger partial charge is 0.327 e. The summed E-state index contributed by atoms with van der Waals surface area (Å²) in [4.78, 5) is 25.4. The van der Waals surface area contributed by atoms with Gasteiger partial charge in [0.1, 0.15) is 6.04 Å². The standard InChI is InChI=1S/C14H17NO3S/c1-14(2,8-19)13(18)15-10-6-4-3-5-9(10)7-11(15)12(16)17/h3-6,11,19H,7-8H2,1-2H3,(H,16,17). The molecule has 1 aliphatic rings. The van der Waals surface area contributed by atoms with Crippen LogP contribution >= 0.6 is 12.6 Å². The Labute approximate surface area is 117 Å². The summed E-state index contributed by atoms with van der Waals surface area (Å²) in [5.74, 6) is -0.795. The highest BCUT2D eigenvalue weighted by atomic mass is 32.1. The SMILES string of the molecule is CC(C)(CS)C(=O)N1c2ccccc2CC1C(=O)O.